The molecule has 1 unspecified atom stereocenters. The summed E-state index contributed by atoms with van der Waals surface area (Å²) in [5.41, 5.74) is 3.09. The number of hydrogen-bond acceptors (Lipinski definition) is 3. The third-order valence-corrected chi connectivity index (χ3v) is 4.12. The van der Waals surface area contributed by atoms with E-state index in [0.717, 1.165) is 39.1 Å². The SMILES string of the molecule is CN(Cc1ccccc1CCNC(C)(C)C)C1CCOC1. The molecular weight excluding hydrogens is 260 g/mol. The first-order chi connectivity index (χ1) is 9.96. The summed E-state index contributed by atoms with van der Waals surface area (Å²) in [7, 11) is 2.21. The molecule has 1 aliphatic rings. The predicted molar refractivity (Wildman–Crippen MR) is 88.6 cm³/mol. The van der Waals surface area contributed by atoms with E-state index in [2.05, 4.69) is 62.3 Å². The van der Waals surface area contributed by atoms with E-state index in [9.17, 15) is 0 Å². The van der Waals surface area contributed by atoms with Crippen molar-refractivity contribution in [3.05, 3.63) is 35.4 Å². The van der Waals surface area contributed by atoms with E-state index in [1.54, 1.807) is 0 Å². The van der Waals surface area contributed by atoms with Crippen molar-refractivity contribution in [3.8, 4) is 0 Å². The average molecular weight is 290 g/mol. The Bertz CT molecular complexity index is 433. The topological polar surface area (TPSA) is 24.5 Å². The lowest BCUT2D eigenvalue weighted by Crippen LogP contribution is -2.37. The number of hydrogen-bond donors (Lipinski definition) is 1. The van der Waals surface area contributed by atoms with Gasteiger partial charge in [-0.2, -0.15) is 0 Å². The van der Waals surface area contributed by atoms with Gasteiger partial charge in [0.15, 0.2) is 0 Å². The van der Waals surface area contributed by atoms with E-state index in [1.165, 1.54) is 11.1 Å². The molecule has 1 aliphatic heterocycles. The van der Waals surface area contributed by atoms with Crippen molar-refractivity contribution in [1.82, 2.24) is 10.2 Å². The van der Waals surface area contributed by atoms with Crippen molar-refractivity contribution in [2.75, 3.05) is 26.8 Å². The Labute approximate surface area is 129 Å². The van der Waals surface area contributed by atoms with E-state index in [-0.39, 0.29) is 5.54 Å². The zero-order valence-corrected chi connectivity index (χ0v) is 14.0. The van der Waals surface area contributed by atoms with Crippen LogP contribution in [0.4, 0.5) is 0 Å². The maximum atomic E-state index is 5.50. The fourth-order valence-corrected chi connectivity index (χ4v) is 2.80. The standard InChI is InChI=1S/C18H30N2O/c1-18(2,3)19-11-9-15-7-5-6-8-16(15)13-20(4)17-10-12-21-14-17/h5-8,17,19H,9-14H2,1-4H3. The molecule has 1 saturated heterocycles. The van der Waals surface area contributed by atoms with E-state index >= 15 is 0 Å². The van der Waals surface area contributed by atoms with Crippen LogP contribution in [0.1, 0.15) is 38.3 Å². The molecule has 1 aromatic carbocycles. The summed E-state index contributed by atoms with van der Waals surface area (Å²) < 4.78 is 5.50. The van der Waals surface area contributed by atoms with Gasteiger partial charge in [0.25, 0.3) is 0 Å². The highest BCUT2D eigenvalue weighted by Gasteiger charge is 2.20. The summed E-state index contributed by atoms with van der Waals surface area (Å²) in [6.45, 7) is 10.5. The van der Waals surface area contributed by atoms with Crippen LogP contribution in [0.25, 0.3) is 0 Å². The second-order valence-corrected chi connectivity index (χ2v) is 7.13. The predicted octanol–water partition coefficient (Wildman–Crippen LogP) is 2.84. The van der Waals surface area contributed by atoms with E-state index in [4.69, 9.17) is 4.74 Å². The molecule has 0 bridgehead atoms. The van der Waals surface area contributed by atoms with Crippen molar-refractivity contribution in [1.29, 1.82) is 0 Å². The largest absolute Gasteiger partial charge is 0.380 e. The molecule has 0 amide bonds. The lowest BCUT2D eigenvalue weighted by molar-refractivity contribution is 0.156. The van der Waals surface area contributed by atoms with Crippen molar-refractivity contribution < 1.29 is 4.74 Å². The highest BCUT2D eigenvalue weighted by Crippen LogP contribution is 2.17. The van der Waals surface area contributed by atoms with Crippen LogP contribution in [0.15, 0.2) is 24.3 Å². The summed E-state index contributed by atoms with van der Waals surface area (Å²) in [5, 5.41) is 3.57. The van der Waals surface area contributed by atoms with Gasteiger partial charge in [0.05, 0.1) is 6.61 Å². The van der Waals surface area contributed by atoms with Crippen LogP contribution in [0.2, 0.25) is 0 Å². The highest BCUT2D eigenvalue weighted by molar-refractivity contribution is 5.27. The quantitative estimate of drug-likeness (QED) is 0.872. The third kappa shape index (κ3) is 5.42. The van der Waals surface area contributed by atoms with Crippen molar-refractivity contribution in [2.45, 2.75) is 51.7 Å². The van der Waals surface area contributed by atoms with E-state index in [1.807, 2.05) is 0 Å². The molecule has 1 atom stereocenters. The van der Waals surface area contributed by atoms with Gasteiger partial charge < -0.3 is 10.1 Å². The molecule has 0 spiro atoms. The van der Waals surface area contributed by atoms with Gasteiger partial charge in [-0.3, -0.25) is 4.90 Å². The summed E-state index contributed by atoms with van der Waals surface area (Å²) in [5.74, 6) is 0. The Morgan fingerprint density at radius 3 is 2.57 bits per heavy atom. The number of nitrogens with zero attached hydrogens (tertiary/aromatic N) is 1. The first kappa shape index (κ1) is 16.5. The summed E-state index contributed by atoms with van der Waals surface area (Å²) >= 11 is 0. The zero-order valence-electron chi connectivity index (χ0n) is 14.0. The number of likely N-dealkylation sites (N-methyl/N-ethyl adjacent to an activating group) is 1. The van der Waals surface area contributed by atoms with Gasteiger partial charge in [-0.05, 0) is 58.3 Å². The van der Waals surface area contributed by atoms with Crippen LogP contribution in [0.5, 0.6) is 0 Å². The lowest BCUT2D eigenvalue weighted by Gasteiger charge is -2.25. The van der Waals surface area contributed by atoms with Crippen LogP contribution in [-0.2, 0) is 17.7 Å². The van der Waals surface area contributed by atoms with Gasteiger partial charge in [-0.1, -0.05) is 24.3 Å². The Morgan fingerprint density at radius 1 is 1.24 bits per heavy atom. The van der Waals surface area contributed by atoms with Crippen LogP contribution < -0.4 is 5.32 Å². The first-order valence-corrected chi connectivity index (χ1v) is 8.05. The molecule has 118 valence electrons. The average Bonchev–Trinajstić information content (AvgIpc) is 2.93. The Hall–Kier alpha value is -0.900. The van der Waals surface area contributed by atoms with Gasteiger partial charge in [0, 0.05) is 24.7 Å². The second-order valence-electron chi connectivity index (χ2n) is 7.13. The minimum Gasteiger partial charge on any atom is -0.380 e. The molecule has 3 heteroatoms. The molecule has 1 heterocycles. The minimum absolute atomic E-state index is 0.187. The number of rotatable bonds is 6. The number of ether oxygens (including phenoxy) is 1. The van der Waals surface area contributed by atoms with Crippen LogP contribution in [0, 0.1) is 0 Å². The van der Waals surface area contributed by atoms with Crippen LogP contribution >= 0.6 is 0 Å². The van der Waals surface area contributed by atoms with Gasteiger partial charge in [-0.25, -0.2) is 0 Å². The summed E-state index contributed by atoms with van der Waals surface area (Å²) in [6, 6.07) is 9.40. The maximum absolute atomic E-state index is 5.50. The Morgan fingerprint density at radius 2 is 1.95 bits per heavy atom. The molecule has 1 N–H and O–H groups in total. The molecule has 0 aliphatic carbocycles. The highest BCUT2D eigenvalue weighted by atomic mass is 16.5. The Kier molecular flexibility index (Phi) is 5.80. The number of nitrogens with one attached hydrogen (secondary N) is 1. The fraction of sp³-hybridized carbons (Fsp3) is 0.667. The van der Waals surface area contributed by atoms with Gasteiger partial charge in [-0.15, -0.1) is 0 Å². The molecule has 2 rings (SSSR count). The van der Waals surface area contributed by atoms with Crippen molar-refractivity contribution in [3.63, 3.8) is 0 Å². The van der Waals surface area contributed by atoms with Gasteiger partial charge >= 0.3 is 0 Å². The van der Waals surface area contributed by atoms with E-state index in [0.29, 0.717) is 6.04 Å². The lowest BCUT2D eigenvalue weighted by atomic mass is 10.0. The molecule has 3 nitrogen and oxygen atoms in total. The molecule has 0 radical (unpaired) electrons. The van der Waals surface area contributed by atoms with Crippen molar-refractivity contribution in [2.24, 2.45) is 0 Å². The fourth-order valence-electron chi connectivity index (χ4n) is 2.80. The van der Waals surface area contributed by atoms with Crippen LogP contribution in [0.3, 0.4) is 0 Å². The number of benzene rings is 1. The van der Waals surface area contributed by atoms with E-state index < -0.39 is 0 Å². The second kappa shape index (κ2) is 7.39. The molecule has 0 aromatic heterocycles. The Balaban J connectivity index is 1.92. The van der Waals surface area contributed by atoms with Gasteiger partial charge in [0.1, 0.15) is 0 Å². The monoisotopic (exact) mass is 290 g/mol. The smallest absolute Gasteiger partial charge is 0.0622 e. The molecule has 21 heavy (non-hydrogen) atoms. The summed E-state index contributed by atoms with van der Waals surface area (Å²) in [6.07, 6.45) is 2.24. The van der Waals surface area contributed by atoms with Gasteiger partial charge in [0.2, 0.25) is 0 Å². The zero-order chi connectivity index (χ0) is 15.3. The molecule has 1 fully saturated rings. The summed E-state index contributed by atoms with van der Waals surface area (Å²) in [4.78, 5) is 2.43. The minimum atomic E-state index is 0.187. The first-order valence-electron chi connectivity index (χ1n) is 8.05. The molecule has 1 aromatic rings. The van der Waals surface area contributed by atoms with Crippen LogP contribution in [-0.4, -0.2) is 43.3 Å². The molecular formula is C18H30N2O. The maximum Gasteiger partial charge on any atom is 0.0622 e. The third-order valence-electron chi connectivity index (χ3n) is 4.12. The van der Waals surface area contributed by atoms with Crippen molar-refractivity contribution >= 4 is 0 Å². The molecule has 0 saturated carbocycles. The normalized spacial score (nSPS) is 19.4.